The minimum Gasteiger partial charge on any atom is -0.352 e. The van der Waals surface area contributed by atoms with Crippen LogP contribution in [0, 0.1) is 11.6 Å². The quantitative estimate of drug-likeness (QED) is 0.342. The highest BCUT2D eigenvalue weighted by Crippen LogP contribution is 2.39. The second-order valence-corrected chi connectivity index (χ2v) is 8.77. The molecule has 1 fully saturated rings. The van der Waals surface area contributed by atoms with Crippen LogP contribution < -0.4 is 10.6 Å². The number of rotatable bonds is 7. The van der Waals surface area contributed by atoms with Gasteiger partial charge in [0.05, 0.1) is 23.5 Å². The van der Waals surface area contributed by atoms with Gasteiger partial charge in [0.1, 0.15) is 11.6 Å². The minimum atomic E-state index is -0.495. The van der Waals surface area contributed by atoms with E-state index in [1.807, 2.05) is 52.1 Å². The Hall–Kier alpha value is -4.11. The predicted molar refractivity (Wildman–Crippen MR) is 138 cm³/mol. The molecule has 0 bridgehead atoms. The molecule has 2 aromatic carbocycles. The first-order chi connectivity index (χ1) is 17.5. The van der Waals surface area contributed by atoms with Crippen molar-refractivity contribution in [2.75, 3.05) is 11.9 Å². The average molecular weight is 504 g/mol. The number of pyridine rings is 1. The highest BCUT2D eigenvalue weighted by Gasteiger charge is 2.41. The van der Waals surface area contributed by atoms with E-state index in [4.69, 9.17) is 12.2 Å². The zero-order valence-corrected chi connectivity index (χ0v) is 20.0. The Morgan fingerprint density at radius 2 is 1.86 bits per heavy atom. The first kappa shape index (κ1) is 23.6. The molecule has 36 heavy (non-hydrogen) atoms. The van der Waals surface area contributed by atoms with Crippen LogP contribution in [-0.4, -0.2) is 32.0 Å². The molecule has 0 aliphatic carbocycles. The second-order valence-electron chi connectivity index (χ2n) is 8.38. The number of thiocarbonyl (C=S) groups is 1. The maximum atomic E-state index is 14.0. The van der Waals surface area contributed by atoms with Crippen molar-refractivity contribution in [3.8, 4) is 5.69 Å². The fourth-order valence-corrected chi connectivity index (χ4v) is 4.79. The number of carbonyl (C=O) groups is 1. The van der Waals surface area contributed by atoms with Crippen molar-refractivity contribution in [1.29, 1.82) is 0 Å². The van der Waals surface area contributed by atoms with E-state index in [1.165, 1.54) is 24.3 Å². The Balaban J connectivity index is 1.45. The molecule has 3 heterocycles. The second kappa shape index (κ2) is 10.2. The number of nitrogens with one attached hydrogen (secondary N) is 2. The summed E-state index contributed by atoms with van der Waals surface area (Å²) in [7, 11) is 0. The summed E-state index contributed by atoms with van der Waals surface area (Å²) in [6.07, 6.45) is 3.67. The van der Waals surface area contributed by atoms with Crippen LogP contribution in [0.3, 0.4) is 0 Å². The standard InChI is InChI=1S/C27H23F2N5OS/c28-18-7-5-8-19(17-18)33-15-6-12-23(33)26-25(22-11-3-4-14-30-22)32-27(36)34(26)16-13-24(35)31-21-10-2-1-9-20(21)29/h1-12,14-15,17,25-26H,13,16H2,(H,31,35)(H,32,36)/t25-,26+/m1/s1. The molecule has 182 valence electrons. The Kier molecular flexibility index (Phi) is 6.73. The van der Waals surface area contributed by atoms with Gasteiger partial charge in [0.2, 0.25) is 5.91 Å². The third kappa shape index (κ3) is 4.83. The van der Waals surface area contributed by atoms with Gasteiger partial charge in [0.25, 0.3) is 0 Å². The summed E-state index contributed by atoms with van der Waals surface area (Å²) in [5.74, 6) is -1.16. The zero-order valence-electron chi connectivity index (χ0n) is 19.1. The van der Waals surface area contributed by atoms with Crippen LogP contribution in [0.15, 0.2) is 91.3 Å². The smallest absolute Gasteiger partial charge is 0.226 e. The van der Waals surface area contributed by atoms with Crippen LogP contribution in [0.5, 0.6) is 0 Å². The van der Waals surface area contributed by atoms with E-state index >= 15 is 0 Å². The van der Waals surface area contributed by atoms with Gasteiger partial charge >= 0.3 is 0 Å². The SMILES string of the molecule is O=C(CCN1C(=S)N[C@H](c2ccccn2)[C@@H]1c1cccn1-c1cccc(F)c1)Nc1ccccc1F. The number of benzene rings is 2. The summed E-state index contributed by atoms with van der Waals surface area (Å²) in [5, 5.41) is 6.44. The van der Waals surface area contributed by atoms with Gasteiger partial charge in [-0.05, 0) is 66.8 Å². The molecule has 5 rings (SSSR count). The number of amides is 1. The average Bonchev–Trinajstić information content (AvgIpc) is 3.49. The van der Waals surface area contributed by atoms with E-state index in [2.05, 4.69) is 15.6 Å². The van der Waals surface area contributed by atoms with Crippen molar-refractivity contribution in [2.24, 2.45) is 0 Å². The molecular weight excluding hydrogens is 480 g/mol. The molecule has 4 aromatic rings. The lowest BCUT2D eigenvalue weighted by Crippen LogP contribution is -2.33. The van der Waals surface area contributed by atoms with Gasteiger partial charge in [-0.1, -0.05) is 24.3 Å². The maximum absolute atomic E-state index is 14.0. The van der Waals surface area contributed by atoms with E-state index in [1.54, 1.807) is 24.4 Å². The lowest BCUT2D eigenvalue weighted by molar-refractivity contribution is -0.116. The number of anilines is 1. The van der Waals surface area contributed by atoms with Crippen molar-refractivity contribution in [3.05, 3.63) is 114 Å². The van der Waals surface area contributed by atoms with Crippen molar-refractivity contribution in [2.45, 2.75) is 18.5 Å². The molecule has 2 aromatic heterocycles. The van der Waals surface area contributed by atoms with Gasteiger partial charge < -0.3 is 20.1 Å². The minimum absolute atomic E-state index is 0.0856. The van der Waals surface area contributed by atoms with Gasteiger partial charge in [0, 0.05) is 36.7 Å². The Bertz CT molecular complexity index is 1390. The molecular formula is C27H23F2N5OS. The molecule has 0 spiro atoms. The lowest BCUT2D eigenvalue weighted by Gasteiger charge is -2.28. The highest BCUT2D eigenvalue weighted by atomic mass is 32.1. The topological polar surface area (TPSA) is 62.2 Å². The van der Waals surface area contributed by atoms with E-state index in [-0.39, 0.29) is 42.5 Å². The third-order valence-electron chi connectivity index (χ3n) is 6.10. The summed E-state index contributed by atoms with van der Waals surface area (Å²) >= 11 is 5.68. The van der Waals surface area contributed by atoms with Crippen molar-refractivity contribution in [1.82, 2.24) is 19.8 Å². The van der Waals surface area contributed by atoms with E-state index < -0.39 is 5.82 Å². The van der Waals surface area contributed by atoms with Gasteiger partial charge in [0.15, 0.2) is 5.11 Å². The number of hydrogen-bond acceptors (Lipinski definition) is 3. The Morgan fingerprint density at radius 3 is 2.64 bits per heavy atom. The van der Waals surface area contributed by atoms with Crippen LogP contribution in [0.25, 0.3) is 5.69 Å². The molecule has 2 atom stereocenters. The third-order valence-corrected chi connectivity index (χ3v) is 6.45. The summed E-state index contributed by atoms with van der Waals surface area (Å²) in [6.45, 7) is 0.286. The van der Waals surface area contributed by atoms with Crippen LogP contribution in [0.2, 0.25) is 0 Å². The number of nitrogens with zero attached hydrogens (tertiary/aromatic N) is 3. The number of halogens is 2. The normalized spacial score (nSPS) is 17.2. The van der Waals surface area contributed by atoms with E-state index in [0.717, 1.165) is 11.4 Å². The lowest BCUT2D eigenvalue weighted by atomic mass is 10.0. The monoisotopic (exact) mass is 503 g/mol. The molecule has 0 radical (unpaired) electrons. The van der Waals surface area contributed by atoms with Crippen LogP contribution in [0.1, 0.15) is 29.9 Å². The van der Waals surface area contributed by atoms with Crippen LogP contribution in [-0.2, 0) is 4.79 Å². The van der Waals surface area contributed by atoms with E-state index in [0.29, 0.717) is 10.8 Å². The van der Waals surface area contributed by atoms with Crippen LogP contribution >= 0.6 is 12.2 Å². The maximum Gasteiger partial charge on any atom is 0.226 e. The van der Waals surface area contributed by atoms with E-state index in [9.17, 15) is 13.6 Å². The summed E-state index contributed by atoms with van der Waals surface area (Å²) in [6, 6.07) is 21.3. The van der Waals surface area contributed by atoms with Gasteiger partial charge in [-0.3, -0.25) is 9.78 Å². The molecule has 2 N–H and O–H groups in total. The molecule has 1 aliphatic rings. The van der Waals surface area contributed by atoms with Crippen LogP contribution in [0.4, 0.5) is 14.5 Å². The summed E-state index contributed by atoms with van der Waals surface area (Å²) in [5.41, 5.74) is 2.45. The molecule has 9 heteroatoms. The number of hydrogen-bond donors (Lipinski definition) is 2. The van der Waals surface area contributed by atoms with Crippen molar-refractivity contribution >= 4 is 28.9 Å². The first-order valence-corrected chi connectivity index (χ1v) is 11.9. The first-order valence-electron chi connectivity index (χ1n) is 11.5. The fraction of sp³-hybridized carbons (Fsp3) is 0.148. The molecule has 0 saturated carbocycles. The Morgan fingerprint density at radius 1 is 1.03 bits per heavy atom. The molecule has 6 nitrogen and oxygen atoms in total. The number of aromatic nitrogens is 2. The fourth-order valence-electron chi connectivity index (χ4n) is 4.46. The largest absolute Gasteiger partial charge is 0.352 e. The molecule has 1 aliphatic heterocycles. The number of carbonyl (C=O) groups excluding carboxylic acids is 1. The molecule has 1 saturated heterocycles. The summed E-state index contributed by atoms with van der Waals surface area (Å²) in [4.78, 5) is 19.1. The zero-order chi connectivity index (χ0) is 25.1. The van der Waals surface area contributed by atoms with Gasteiger partial charge in [-0.2, -0.15) is 0 Å². The molecule has 0 unspecified atom stereocenters. The molecule has 1 amide bonds. The highest BCUT2D eigenvalue weighted by molar-refractivity contribution is 7.80. The van der Waals surface area contributed by atoms with Crippen molar-refractivity contribution in [3.63, 3.8) is 0 Å². The van der Waals surface area contributed by atoms with Crippen molar-refractivity contribution < 1.29 is 13.6 Å². The Labute approximate surface area is 212 Å². The van der Waals surface area contributed by atoms with Gasteiger partial charge in [-0.15, -0.1) is 0 Å². The predicted octanol–water partition coefficient (Wildman–Crippen LogP) is 5.15. The summed E-state index contributed by atoms with van der Waals surface area (Å²) < 4.78 is 29.9. The van der Waals surface area contributed by atoms with Gasteiger partial charge in [-0.25, -0.2) is 8.78 Å². The number of para-hydroxylation sites is 1.